The normalized spacial score (nSPS) is 18.9. The van der Waals surface area contributed by atoms with Gasteiger partial charge in [0.1, 0.15) is 17.7 Å². The van der Waals surface area contributed by atoms with Gasteiger partial charge in [0.05, 0.1) is 36.8 Å². The number of aliphatic hydroxyl groups excluding tert-OH is 1. The SMILES string of the molecule is C[C@H]1CN([C@@H](C)CO)C(=O)Cc2cc(NS(=O)(=O)c3cn(C)cn3)ccc2O[C@@H]1CN(C)S(=O)(=O)c1ccc(F)cc1. The lowest BCUT2D eigenvalue weighted by atomic mass is 10.0. The van der Waals surface area contributed by atoms with E-state index >= 15 is 0 Å². The van der Waals surface area contributed by atoms with Crippen LogP contribution >= 0.6 is 0 Å². The number of nitrogens with zero attached hydrogens (tertiary/aromatic N) is 4. The largest absolute Gasteiger partial charge is 0.488 e. The molecule has 1 aliphatic heterocycles. The molecule has 2 heterocycles. The molecule has 3 aromatic rings. The van der Waals surface area contributed by atoms with Crippen molar-refractivity contribution in [2.75, 3.05) is 31.5 Å². The van der Waals surface area contributed by atoms with Gasteiger partial charge in [-0.15, -0.1) is 0 Å². The first-order valence-electron chi connectivity index (χ1n) is 13.1. The maximum atomic E-state index is 13.4. The summed E-state index contributed by atoms with van der Waals surface area (Å²) < 4.78 is 77.0. The molecular weight excluding hydrogens is 589 g/mol. The Hall–Kier alpha value is -3.53. The van der Waals surface area contributed by atoms with E-state index in [9.17, 15) is 31.1 Å². The van der Waals surface area contributed by atoms with Crippen molar-refractivity contribution in [1.29, 1.82) is 0 Å². The second kappa shape index (κ2) is 12.4. The summed E-state index contributed by atoms with van der Waals surface area (Å²) in [5, 5.41) is 9.66. The molecule has 3 atom stereocenters. The predicted octanol–water partition coefficient (Wildman–Crippen LogP) is 1.83. The Morgan fingerprint density at radius 3 is 2.50 bits per heavy atom. The molecule has 12 nitrogen and oxygen atoms in total. The smallest absolute Gasteiger partial charge is 0.280 e. The molecule has 1 amide bonds. The number of aromatic nitrogens is 2. The molecule has 42 heavy (non-hydrogen) atoms. The third-order valence-corrected chi connectivity index (χ3v) is 10.2. The summed E-state index contributed by atoms with van der Waals surface area (Å²) in [6, 6.07) is 8.46. The molecule has 0 radical (unpaired) electrons. The quantitative estimate of drug-likeness (QED) is 0.367. The van der Waals surface area contributed by atoms with Crippen molar-refractivity contribution in [3.63, 3.8) is 0 Å². The van der Waals surface area contributed by atoms with Crippen LogP contribution < -0.4 is 9.46 Å². The van der Waals surface area contributed by atoms with Gasteiger partial charge in [-0.2, -0.15) is 12.7 Å². The minimum atomic E-state index is -4.01. The van der Waals surface area contributed by atoms with E-state index in [0.717, 1.165) is 16.4 Å². The predicted molar refractivity (Wildman–Crippen MR) is 152 cm³/mol. The Labute approximate surface area is 244 Å². The summed E-state index contributed by atoms with van der Waals surface area (Å²) in [4.78, 5) is 18.7. The van der Waals surface area contributed by atoms with Gasteiger partial charge in [0.15, 0.2) is 5.03 Å². The third kappa shape index (κ3) is 6.91. The van der Waals surface area contributed by atoms with E-state index in [4.69, 9.17) is 4.74 Å². The number of halogens is 1. The lowest BCUT2D eigenvalue weighted by molar-refractivity contribution is -0.134. The molecule has 4 rings (SSSR count). The van der Waals surface area contributed by atoms with Crippen LogP contribution in [-0.4, -0.2) is 85.5 Å². The topological polar surface area (TPSA) is 151 Å². The van der Waals surface area contributed by atoms with Crippen LogP contribution in [0, 0.1) is 11.7 Å². The van der Waals surface area contributed by atoms with Crippen LogP contribution in [0.1, 0.15) is 19.4 Å². The number of nitrogens with one attached hydrogen (secondary N) is 1. The number of carbonyl (C=O) groups is 1. The van der Waals surface area contributed by atoms with Crippen LogP contribution in [0.3, 0.4) is 0 Å². The Balaban J connectivity index is 1.68. The minimum Gasteiger partial charge on any atom is -0.488 e. The molecule has 1 aliphatic rings. The Bertz CT molecular complexity index is 1650. The molecule has 2 aromatic carbocycles. The van der Waals surface area contributed by atoms with Crippen LogP contribution in [0.2, 0.25) is 0 Å². The lowest BCUT2D eigenvalue weighted by Crippen LogP contribution is -2.48. The number of ether oxygens (including phenoxy) is 1. The number of rotatable bonds is 9. The summed E-state index contributed by atoms with van der Waals surface area (Å²) in [5.41, 5.74) is 0.553. The zero-order valence-electron chi connectivity index (χ0n) is 23.6. The molecule has 0 unspecified atom stereocenters. The highest BCUT2D eigenvalue weighted by Crippen LogP contribution is 2.30. The van der Waals surface area contributed by atoms with E-state index in [1.165, 1.54) is 59.4 Å². The van der Waals surface area contributed by atoms with Crippen molar-refractivity contribution >= 4 is 31.6 Å². The highest BCUT2D eigenvalue weighted by molar-refractivity contribution is 7.92. The van der Waals surface area contributed by atoms with Gasteiger partial charge >= 0.3 is 0 Å². The third-order valence-electron chi connectivity index (χ3n) is 7.08. The van der Waals surface area contributed by atoms with Crippen LogP contribution in [0.15, 0.2) is 64.9 Å². The monoisotopic (exact) mass is 623 g/mol. The van der Waals surface area contributed by atoms with Gasteiger partial charge in [0.2, 0.25) is 15.9 Å². The summed E-state index contributed by atoms with van der Waals surface area (Å²) in [7, 11) is -4.99. The molecule has 15 heteroatoms. The Kier molecular flexibility index (Phi) is 9.25. The summed E-state index contributed by atoms with van der Waals surface area (Å²) in [6.07, 6.45) is 1.81. The first kappa shape index (κ1) is 31.4. The molecule has 2 N–H and O–H groups in total. The number of aryl methyl sites for hydroxylation is 1. The molecular formula is C27H34FN5O7S2. The number of amides is 1. The average molecular weight is 624 g/mol. The van der Waals surface area contributed by atoms with Crippen LogP contribution in [0.25, 0.3) is 0 Å². The zero-order valence-corrected chi connectivity index (χ0v) is 25.3. The number of imidazole rings is 1. The zero-order chi connectivity index (χ0) is 30.8. The lowest BCUT2D eigenvalue weighted by Gasteiger charge is -2.33. The summed E-state index contributed by atoms with van der Waals surface area (Å²) in [5.74, 6) is -0.981. The van der Waals surface area contributed by atoms with Crippen molar-refractivity contribution in [3.05, 3.63) is 66.4 Å². The van der Waals surface area contributed by atoms with E-state index in [0.29, 0.717) is 5.56 Å². The van der Waals surface area contributed by atoms with Gasteiger partial charge in [0.25, 0.3) is 10.0 Å². The number of aliphatic hydroxyl groups is 1. The highest BCUT2D eigenvalue weighted by atomic mass is 32.2. The van der Waals surface area contributed by atoms with Crippen molar-refractivity contribution < 1.29 is 35.9 Å². The molecule has 0 fully saturated rings. The number of hydrogen-bond acceptors (Lipinski definition) is 8. The average Bonchev–Trinajstić information content (AvgIpc) is 3.40. The van der Waals surface area contributed by atoms with Crippen LogP contribution in [0.4, 0.5) is 10.1 Å². The van der Waals surface area contributed by atoms with Crippen molar-refractivity contribution in [2.45, 2.75) is 42.3 Å². The molecule has 1 aromatic heterocycles. The summed E-state index contributed by atoms with van der Waals surface area (Å²) in [6.45, 7) is 3.28. The van der Waals surface area contributed by atoms with Gasteiger partial charge in [-0.05, 0) is 49.4 Å². The Morgan fingerprint density at radius 2 is 1.88 bits per heavy atom. The standard InChI is InChI=1S/C27H34FN5O7S2/c1-18-13-33(19(2)16-34)27(35)12-20-11-22(30-41(36,37)26-15-31(3)17-29-26)7-10-24(20)40-25(18)14-32(4)42(38,39)23-8-5-21(28)6-9-23/h5-11,15,17-19,25,30,34H,12-14,16H2,1-4H3/t18-,19-,25+/m0/s1. The van der Waals surface area contributed by atoms with Gasteiger partial charge in [-0.25, -0.2) is 17.8 Å². The van der Waals surface area contributed by atoms with E-state index < -0.39 is 38.0 Å². The maximum Gasteiger partial charge on any atom is 0.280 e. The fraction of sp³-hybridized carbons (Fsp3) is 0.407. The van der Waals surface area contributed by atoms with E-state index in [-0.39, 0.29) is 59.3 Å². The van der Waals surface area contributed by atoms with Crippen molar-refractivity contribution in [2.24, 2.45) is 13.0 Å². The van der Waals surface area contributed by atoms with Crippen LogP contribution in [-0.2, 0) is 38.3 Å². The molecule has 0 spiro atoms. The number of hydrogen-bond donors (Lipinski definition) is 2. The minimum absolute atomic E-state index is 0.0851. The highest BCUT2D eigenvalue weighted by Gasteiger charge is 2.33. The first-order chi connectivity index (χ1) is 19.7. The number of carbonyl (C=O) groups excluding carboxylic acids is 1. The second-order valence-electron chi connectivity index (χ2n) is 10.4. The van der Waals surface area contributed by atoms with Gasteiger partial charge < -0.3 is 19.3 Å². The number of likely N-dealkylation sites (N-methyl/N-ethyl adjacent to an activating group) is 1. The van der Waals surface area contributed by atoms with Gasteiger partial charge in [-0.1, -0.05) is 6.92 Å². The van der Waals surface area contributed by atoms with Gasteiger partial charge in [-0.3, -0.25) is 9.52 Å². The molecule has 228 valence electrons. The van der Waals surface area contributed by atoms with E-state index in [1.807, 2.05) is 6.92 Å². The fourth-order valence-electron chi connectivity index (χ4n) is 4.58. The molecule has 0 bridgehead atoms. The molecule has 0 saturated carbocycles. The van der Waals surface area contributed by atoms with Crippen molar-refractivity contribution in [1.82, 2.24) is 18.8 Å². The number of sulfonamides is 2. The van der Waals surface area contributed by atoms with Gasteiger partial charge in [0, 0.05) is 44.0 Å². The second-order valence-corrected chi connectivity index (χ2v) is 14.1. The van der Waals surface area contributed by atoms with Crippen molar-refractivity contribution in [3.8, 4) is 5.75 Å². The maximum absolute atomic E-state index is 13.4. The first-order valence-corrected chi connectivity index (χ1v) is 16.1. The van der Waals surface area contributed by atoms with E-state index in [1.54, 1.807) is 14.0 Å². The molecule has 0 aliphatic carbocycles. The van der Waals surface area contributed by atoms with E-state index in [2.05, 4.69) is 9.71 Å². The van der Waals surface area contributed by atoms with Crippen LogP contribution in [0.5, 0.6) is 5.75 Å². The number of fused-ring (bicyclic) bond motifs is 1. The molecule has 0 saturated heterocycles. The Morgan fingerprint density at radius 1 is 1.19 bits per heavy atom. The fourth-order valence-corrected chi connectivity index (χ4v) is 6.80. The number of anilines is 1. The summed E-state index contributed by atoms with van der Waals surface area (Å²) >= 11 is 0. The number of benzene rings is 2.